The van der Waals surface area contributed by atoms with Gasteiger partial charge in [-0.1, -0.05) is 140 Å². The van der Waals surface area contributed by atoms with Gasteiger partial charge < -0.3 is 4.57 Å². The fourth-order valence-electron chi connectivity index (χ4n) is 7.74. The summed E-state index contributed by atoms with van der Waals surface area (Å²) in [5.41, 5.74) is 8.70. The summed E-state index contributed by atoms with van der Waals surface area (Å²) in [4.78, 5) is 0. The van der Waals surface area contributed by atoms with Crippen molar-refractivity contribution in [3.05, 3.63) is 164 Å². The lowest BCUT2D eigenvalue weighted by Gasteiger charge is -2.17. The third-order valence-electron chi connectivity index (χ3n) is 9.76. The maximum atomic E-state index is 2.38. The minimum Gasteiger partial charge on any atom is -0.309 e. The Hall–Kier alpha value is -5.92. The summed E-state index contributed by atoms with van der Waals surface area (Å²) in [6.07, 6.45) is 0. The van der Waals surface area contributed by atoms with E-state index in [4.69, 9.17) is 0 Å². The highest BCUT2D eigenvalue weighted by Gasteiger charge is 2.17. The molecule has 0 aliphatic carbocycles. The van der Waals surface area contributed by atoms with Gasteiger partial charge in [0.15, 0.2) is 0 Å². The molecule has 1 aromatic heterocycles. The van der Waals surface area contributed by atoms with Crippen LogP contribution < -0.4 is 0 Å². The van der Waals surface area contributed by atoms with Crippen molar-refractivity contribution >= 4 is 64.9 Å². The van der Waals surface area contributed by atoms with E-state index in [1.807, 2.05) is 0 Å². The van der Waals surface area contributed by atoms with Gasteiger partial charge in [-0.05, 0) is 89.6 Å². The summed E-state index contributed by atoms with van der Waals surface area (Å²) >= 11 is 0. The molecule has 208 valence electrons. The van der Waals surface area contributed by atoms with Crippen LogP contribution in [0.1, 0.15) is 0 Å². The van der Waals surface area contributed by atoms with Gasteiger partial charge in [0.1, 0.15) is 0 Å². The van der Waals surface area contributed by atoms with Crippen molar-refractivity contribution in [2.45, 2.75) is 0 Å². The molecule has 1 nitrogen and oxygen atoms in total. The average Bonchev–Trinajstić information content (AvgIpc) is 3.45. The summed E-state index contributed by atoms with van der Waals surface area (Å²) in [5, 5.41) is 13.0. The highest BCUT2D eigenvalue weighted by Crippen LogP contribution is 2.43. The molecule has 0 radical (unpaired) electrons. The number of hydrogen-bond donors (Lipinski definition) is 0. The van der Waals surface area contributed by atoms with Gasteiger partial charge in [0, 0.05) is 16.5 Å². The van der Waals surface area contributed by atoms with Crippen molar-refractivity contribution in [1.29, 1.82) is 0 Å². The quantitative estimate of drug-likeness (QED) is 0.187. The molecule has 0 atom stereocenters. The molecule has 0 bridgehead atoms. The zero-order valence-electron chi connectivity index (χ0n) is 24.5. The minimum atomic E-state index is 1.17. The lowest BCUT2D eigenvalue weighted by molar-refractivity contribution is 1.18. The highest BCUT2D eigenvalue weighted by atomic mass is 15.0. The van der Waals surface area contributed by atoms with Gasteiger partial charge in [0.05, 0.1) is 11.0 Å². The predicted molar refractivity (Wildman–Crippen MR) is 193 cm³/mol. The number of nitrogens with zero attached hydrogens (tertiary/aromatic N) is 1. The Bertz CT molecular complexity index is 2690. The van der Waals surface area contributed by atoms with Gasteiger partial charge in [0.2, 0.25) is 0 Å². The van der Waals surface area contributed by atoms with E-state index in [-0.39, 0.29) is 0 Å². The third-order valence-corrected chi connectivity index (χ3v) is 9.76. The summed E-state index contributed by atoms with van der Waals surface area (Å²) in [6, 6.07) is 60.3. The molecule has 0 fully saturated rings. The second-order valence-corrected chi connectivity index (χ2v) is 12.1. The van der Waals surface area contributed by atoms with Crippen molar-refractivity contribution < 1.29 is 0 Å². The Morgan fingerprint density at radius 2 is 0.800 bits per heavy atom. The molecular formula is C44H27N. The first-order valence-electron chi connectivity index (χ1n) is 15.6. The molecule has 9 aromatic carbocycles. The van der Waals surface area contributed by atoms with Crippen LogP contribution in [-0.4, -0.2) is 4.57 Å². The van der Waals surface area contributed by atoms with Crippen LogP contribution in [0.15, 0.2) is 164 Å². The Balaban J connectivity index is 1.17. The average molecular weight is 570 g/mol. The van der Waals surface area contributed by atoms with Crippen molar-refractivity contribution in [2.24, 2.45) is 0 Å². The number of hydrogen-bond acceptors (Lipinski definition) is 0. The van der Waals surface area contributed by atoms with E-state index in [0.29, 0.717) is 0 Å². The van der Waals surface area contributed by atoms with Gasteiger partial charge in [0.25, 0.3) is 0 Å². The van der Waals surface area contributed by atoms with Crippen LogP contribution in [0.5, 0.6) is 0 Å². The van der Waals surface area contributed by atoms with Gasteiger partial charge in [-0.25, -0.2) is 0 Å². The fraction of sp³-hybridized carbons (Fsp3) is 0. The molecule has 0 unspecified atom stereocenters. The van der Waals surface area contributed by atoms with Gasteiger partial charge >= 0.3 is 0 Å². The zero-order chi connectivity index (χ0) is 29.5. The highest BCUT2D eigenvalue weighted by molar-refractivity contribution is 6.28. The van der Waals surface area contributed by atoms with E-state index in [0.717, 1.165) is 0 Å². The smallest absolute Gasteiger partial charge is 0.0541 e. The van der Waals surface area contributed by atoms with E-state index >= 15 is 0 Å². The van der Waals surface area contributed by atoms with Crippen LogP contribution in [0.25, 0.3) is 92.8 Å². The number of benzene rings is 9. The molecular weight excluding hydrogens is 542 g/mol. The Morgan fingerprint density at radius 1 is 0.289 bits per heavy atom. The summed E-state index contributed by atoms with van der Waals surface area (Å²) < 4.78 is 2.38. The third kappa shape index (κ3) is 3.50. The SMILES string of the molecule is c1ccc2c(-c3ccc4ccc5ccc(-c6ccc(-n7c8ccccc8c8ccccc87)cc6)c6ccc3c4c56)cccc2c1. The summed E-state index contributed by atoms with van der Waals surface area (Å²) in [5.74, 6) is 0. The topological polar surface area (TPSA) is 4.93 Å². The standard InChI is InChI=1S/C44H27N/c1-2-10-33-28(8-1)9-7-13-35(33)36-25-21-31-17-16-30-20-24-34(39-26-27-40(36)44(31)43(30)39)29-18-22-32(23-19-29)45-41-14-5-3-11-37(41)38-12-4-6-15-42(38)45/h1-27H. The molecule has 0 spiro atoms. The Morgan fingerprint density at radius 3 is 1.49 bits per heavy atom. The second kappa shape index (κ2) is 9.29. The van der Waals surface area contributed by atoms with Gasteiger partial charge in [-0.2, -0.15) is 0 Å². The van der Waals surface area contributed by atoms with Crippen molar-refractivity contribution in [3.8, 4) is 27.9 Å². The van der Waals surface area contributed by atoms with Crippen LogP contribution >= 0.6 is 0 Å². The van der Waals surface area contributed by atoms with E-state index in [9.17, 15) is 0 Å². The Labute approximate surface area is 260 Å². The number of fused-ring (bicyclic) bond motifs is 4. The second-order valence-electron chi connectivity index (χ2n) is 12.1. The molecule has 1 heterocycles. The molecule has 10 rings (SSSR count). The van der Waals surface area contributed by atoms with Gasteiger partial charge in [-0.3, -0.25) is 0 Å². The monoisotopic (exact) mass is 569 g/mol. The van der Waals surface area contributed by atoms with Crippen LogP contribution in [0.2, 0.25) is 0 Å². The first kappa shape index (κ1) is 24.5. The number of rotatable bonds is 3. The van der Waals surface area contributed by atoms with E-state index in [1.165, 1.54) is 92.8 Å². The summed E-state index contributed by atoms with van der Waals surface area (Å²) in [7, 11) is 0. The van der Waals surface area contributed by atoms with Crippen molar-refractivity contribution in [3.63, 3.8) is 0 Å². The number of para-hydroxylation sites is 2. The fourth-order valence-corrected chi connectivity index (χ4v) is 7.74. The predicted octanol–water partition coefficient (Wildman–Crippen LogP) is 12.2. The lowest BCUT2D eigenvalue weighted by atomic mass is 9.86. The summed E-state index contributed by atoms with van der Waals surface area (Å²) in [6.45, 7) is 0. The zero-order valence-corrected chi connectivity index (χ0v) is 24.5. The molecule has 0 saturated heterocycles. The van der Waals surface area contributed by atoms with Crippen molar-refractivity contribution in [1.82, 2.24) is 4.57 Å². The van der Waals surface area contributed by atoms with Crippen LogP contribution in [0, 0.1) is 0 Å². The molecule has 0 aliphatic rings. The van der Waals surface area contributed by atoms with E-state index < -0.39 is 0 Å². The van der Waals surface area contributed by atoms with Crippen LogP contribution in [0.3, 0.4) is 0 Å². The van der Waals surface area contributed by atoms with Gasteiger partial charge in [-0.15, -0.1) is 0 Å². The maximum Gasteiger partial charge on any atom is 0.0541 e. The normalized spacial score (nSPS) is 12.0. The molecule has 0 saturated carbocycles. The minimum absolute atomic E-state index is 1.17. The van der Waals surface area contributed by atoms with Crippen molar-refractivity contribution in [2.75, 3.05) is 0 Å². The molecule has 0 N–H and O–H groups in total. The lowest BCUT2D eigenvalue weighted by Crippen LogP contribution is -1.94. The first-order valence-corrected chi connectivity index (χ1v) is 15.6. The molecule has 0 aliphatic heterocycles. The largest absolute Gasteiger partial charge is 0.309 e. The Kier molecular flexibility index (Phi) is 5.06. The molecule has 1 heteroatoms. The van der Waals surface area contributed by atoms with Crippen LogP contribution in [-0.2, 0) is 0 Å². The van der Waals surface area contributed by atoms with Crippen LogP contribution in [0.4, 0.5) is 0 Å². The molecule has 45 heavy (non-hydrogen) atoms. The number of aromatic nitrogens is 1. The maximum absolute atomic E-state index is 2.38. The first-order chi connectivity index (χ1) is 22.3. The van der Waals surface area contributed by atoms with E-state index in [1.54, 1.807) is 0 Å². The molecule has 10 aromatic rings. The van der Waals surface area contributed by atoms with E-state index in [2.05, 4.69) is 168 Å². The molecule has 0 amide bonds.